The van der Waals surface area contributed by atoms with E-state index in [1.54, 1.807) is 14.2 Å². The summed E-state index contributed by atoms with van der Waals surface area (Å²) in [5, 5.41) is 5.67. The van der Waals surface area contributed by atoms with Gasteiger partial charge < -0.3 is 14.2 Å². The van der Waals surface area contributed by atoms with Crippen LogP contribution in [0.3, 0.4) is 0 Å². The van der Waals surface area contributed by atoms with Crippen LogP contribution in [0.15, 0.2) is 91.0 Å². The average Bonchev–Trinajstić information content (AvgIpc) is 3.59. The normalized spacial score (nSPS) is 20.6. The fourth-order valence-electron chi connectivity index (χ4n) is 10.7. The van der Waals surface area contributed by atoms with Gasteiger partial charge in [0.2, 0.25) is 0 Å². The number of nitrogens with zero attached hydrogens (tertiary/aromatic N) is 2. The predicted molar refractivity (Wildman–Crippen MR) is 210 cm³/mol. The second kappa shape index (κ2) is 11.0. The van der Waals surface area contributed by atoms with Gasteiger partial charge in [-0.25, -0.2) is 6.57 Å². The molecule has 5 aromatic rings. The Morgan fingerprint density at radius 3 is 2.02 bits per heavy atom. The second-order valence-corrected chi connectivity index (χ2v) is 16.8. The molecule has 5 aromatic carbocycles. The van der Waals surface area contributed by atoms with E-state index in [9.17, 15) is 0 Å². The minimum Gasteiger partial charge on any atom is -0.497 e. The van der Waals surface area contributed by atoms with Crippen molar-refractivity contribution in [3.8, 4) is 28.4 Å². The number of fused-ring (bicyclic) bond motifs is 11. The molecule has 9 rings (SSSR count). The summed E-state index contributed by atoms with van der Waals surface area (Å²) < 4.78 is 18.8. The van der Waals surface area contributed by atoms with Crippen molar-refractivity contribution in [3.63, 3.8) is 0 Å². The lowest BCUT2D eigenvalue weighted by Gasteiger charge is -2.52. The van der Waals surface area contributed by atoms with E-state index in [4.69, 9.17) is 20.8 Å². The van der Waals surface area contributed by atoms with E-state index in [2.05, 4.69) is 116 Å². The predicted octanol–water partition coefficient (Wildman–Crippen LogP) is 10.8. The molecule has 4 aliphatic rings. The standard InChI is InChI=1S/C46H45N3O3/c1-43(2)25-44(3,4)27-45(26-43)36-12-10-9-11-32(36)39-34-24-38-37(48-42(47-5)49(38)6)23-35(34)41-33(40(39)45)21-22-46(52-41,28-13-17-30(50-7)18-14-28)29-15-19-31(51-8)20-16-29/h9-24,42,48H,25-27H2,1-4,6-8H3. The van der Waals surface area contributed by atoms with Crippen LogP contribution in [0.5, 0.6) is 17.2 Å². The molecular weight excluding hydrogens is 643 g/mol. The van der Waals surface area contributed by atoms with Crippen molar-refractivity contribution in [1.29, 1.82) is 0 Å². The van der Waals surface area contributed by atoms with Gasteiger partial charge in [0.05, 0.1) is 25.6 Å². The second-order valence-electron chi connectivity index (χ2n) is 16.8. The molecule has 0 amide bonds. The number of benzene rings is 5. The summed E-state index contributed by atoms with van der Waals surface area (Å²) >= 11 is 0. The zero-order chi connectivity index (χ0) is 36.2. The Morgan fingerprint density at radius 1 is 0.808 bits per heavy atom. The Balaban J connectivity index is 1.39. The van der Waals surface area contributed by atoms with Crippen LogP contribution >= 0.6 is 0 Å². The maximum atomic E-state index is 7.93. The monoisotopic (exact) mass is 687 g/mol. The Hall–Kier alpha value is -5.41. The van der Waals surface area contributed by atoms with Crippen LogP contribution in [0.4, 0.5) is 11.4 Å². The molecule has 0 bridgehead atoms. The van der Waals surface area contributed by atoms with Gasteiger partial charge >= 0.3 is 6.29 Å². The molecule has 0 saturated heterocycles. The number of rotatable bonds is 4. The van der Waals surface area contributed by atoms with Gasteiger partial charge in [-0.05, 0) is 100 Å². The highest BCUT2D eigenvalue weighted by atomic mass is 16.5. The fraction of sp³-hybridized carbons (Fsp3) is 0.326. The van der Waals surface area contributed by atoms with Gasteiger partial charge in [0, 0.05) is 34.5 Å². The quantitative estimate of drug-likeness (QED) is 0.191. The smallest absolute Gasteiger partial charge is 0.379 e. The lowest BCUT2D eigenvalue weighted by Crippen LogP contribution is -2.44. The molecule has 1 fully saturated rings. The molecule has 2 aliphatic heterocycles. The first-order valence-corrected chi connectivity index (χ1v) is 18.2. The molecule has 1 unspecified atom stereocenters. The Morgan fingerprint density at radius 2 is 1.42 bits per heavy atom. The van der Waals surface area contributed by atoms with Crippen LogP contribution < -0.4 is 24.4 Å². The number of hydrogen-bond donors (Lipinski definition) is 1. The third-order valence-corrected chi connectivity index (χ3v) is 12.1. The summed E-state index contributed by atoms with van der Waals surface area (Å²) in [6, 6.07) is 30.1. The summed E-state index contributed by atoms with van der Waals surface area (Å²) in [5.41, 5.74) is 9.64. The molecule has 262 valence electrons. The van der Waals surface area contributed by atoms with Crippen LogP contribution in [0.1, 0.15) is 74.8 Å². The van der Waals surface area contributed by atoms with Gasteiger partial charge in [-0.15, -0.1) is 0 Å². The molecule has 1 atom stereocenters. The Bertz CT molecular complexity index is 2280. The van der Waals surface area contributed by atoms with Crippen LogP contribution in [-0.4, -0.2) is 27.6 Å². The van der Waals surface area contributed by atoms with Crippen LogP contribution in [0, 0.1) is 17.4 Å². The number of nitrogens with one attached hydrogen (secondary N) is 1. The van der Waals surface area contributed by atoms with E-state index < -0.39 is 11.9 Å². The third kappa shape index (κ3) is 4.54. The summed E-state index contributed by atoms with van der Waals surface area (Å²) in [7, 11) is 5.39. The van der Waals surface area contributed by atoms with E-state index in [0.717, 1.165) is 68.9 Å². The SMILES string of the molecule is [C-]#[N+]C1Nc2cc3c4c(c5c(c3cc2N1C)-c1ccccc1C51CC(C)(C)CC(C)(C)C1)C=CC(c1ccc(OC)cc1)(c1ccc(OC)cc1)O4. The maximum Gasteiger partial charge on any atom is 0.379 e. The molecule has 1 N–H and O–H groups in total. The van der Waals surface area contributed by atoms with Crippen molar-refractivity contribution in [1.82, 2.24) is 0 Å². The van der Waals surface area contributed by atoms with Gasteiger partial charge in [-0.3, -0.25) is 15.1 Å². The van der Waals surface area contributed by atoms with Crippen molar-refractivity contribution in [2.75, 3.05) is 31.5 Å². The van der Waals surface area contributed by atoms with Gasteiger partial charge in [-0.2, -0.15) is 0 Å². The summed E-state index contributed by atoms with van der Waals surface area (Å²) in [5.74, 6) is 2.45. The van der Waals surface area contributed by atoms with Crippen LogP contribution in [0.25, 0.3) is 32.8 Å². The van der Waals surface area contributed by atoms with Crippen LogP contribution in [-0.2, 0) is 11.0 Å². The summed E-state index contributed by atoms with van der Waals surface area (Å²) in [4.78, 5) is 5.95. The lowest BCUT2D eigenvalue weighted by molar-refractivity contribution is 0.0642. The highest BCUT2D eigenvalue weighted by Gasteiger charge is 2.55. The van der Waals surface area contributed by atoms with Crippen molar-refractivity contribution in [2.45, 2.75) is 64.3 Å². The molecule has 1 saturated carbocycles. The van der Waals surface area contributed by atoms with E-state index in [-0.39, 0.29) is 16.2 Å². The van der Waals surface area contributed by atoms with Crippen molar-refractivity contribution in [3.05, 3.63) is 130 Å². The summed E-state index contributed by atoms with van der Waals surface area (Å²) in [6.07, 6.45) is 7.41. The lowest BCUT2D eigenvalue weighted by atomic mass is 9.52. The molecule has 2 aliphatic carbocycles. The number of ether oxygens (including phenoxy) is 3. The molecule has 2 heterocycles. The van der Waals surface area contributed by atoms with E-state index in [0.29, 0.717) is 0 Å². The molecule has 52 heavy (non-hydrogen) atoms. The van der Waals surface area contributed by atoms with Crippen molar-refractivity contribution < 1.29 is 14.2 Å². The van der Waals surface area contributed by atoms with Gasteiger partial charge in [0.15, 0.2) is 5.60 Å². The Kier molecular flexibility index (Phi) is 6.90. The van der Waals surface area contributed by atoms with Gasteiger partial charge in [0.25, 0.3) is 0 Å². The first-order valence-electron chi connectivity index (χ1n) is 18.2. The zero-order valence-electron chi connectivity index (χ0n) is 31.1. The Labute approximate surface area is 306 Å². The molecule has 0 aromatic heterocycles. The van der Waals surface area contributed by atoms with E-state index in [1.165, 1.54) is 28.7 Å². The molecule has 0 radical (unpaired) electrons. The zero-order valence-corrected chi connectivity index (χ0v) is 31.1. The summed E-state index contributed by atoms with van der Waals surface area (Å²) in [6.45, 7) is 17.7. The van der Waals surface area contributed by atoms with E-state index >= 15 is 0 Å². The van der Waals surface area contributed by atoms with Crippen LogP contribution in [0.2, 0.25) is 0 Å². The first kappa shape index (κ1) is 32.5. The van der Waals surface area contributed by atoms with E-state index in [1.807, 2.05) is 31.3 Å². The largest absolute Gasteiger partial charge is 0.497 e. The third-order valence-electron chi connectivity index (χ3n) is 12.1. The minimum absolute atomic E-state index is 0.123. The molecular formula is C46H45N3O3. The minimum atomic E-state index is -0.932. The number of methoxy groups -OCH3 is 2. The fourth-order valence-corrected chi connectivity index (χ4v) is 10.7. The van der Waals surface area contributed by atoms with Crippen molar-refractivity contribution >= 4 is 28.2 Å². The molecule has 6 nitrogen and oxygen atoms in total. The number of anilines is 2. The van der Waals surface area contributed by atoms with Gasteiger partial charge in [0.1, 0.15) is 17.2 Å². The first-order chi connectivity index (χ1) is 24.9. The van der Waals surface area contributed by atoms with Gasteiger partial charge in [-0.1, -0.05) is 82.3 Å². The van der Waals surface area contributed by atoms with Crippen molar-refractivity contribution in [2.24, 2.45) is 10.8 Å². The number of hydrogen-bond acceptors (Lipinski definition) is 5. The highest BCUT2D eigenvalue weighted by molar-refractivity contribution is 6.11. The maximum absolute atomic E-state index is 7.93. The molecule has 1 spiro atoms. The highest BCUT2D eigenvalue weighted by Crippen LogP contribution is 2.67. The molecule has 6 heteroatoms. The average molecular weight is 688 g/mol. The topological polar surface area (TPSA) is 47.3 Å².